The SMILES string of the molecule is C[Si](C)(C)CCOCN(COCC[Si](C)(C)C)c1cc(C2CCCNC2)nc2c(-c3ccc(C(N)=O)cc3)cnn12. The number of hydrogen-bond donors (Lipinski definition) is 2. The second-order valence-corrected chi connectivity index (χ2v) is 24.8. The second kappa shape index (κ2) is 13.6. The maximum Gasteiger partial charge on any atom is 0.248 e. The zero-order valence-corrected chi connectivity index (χ0v) is 27.7. The molecule has 1 saturated heterocycles. The van der Waals surface area contributed by atoms with Gasteiger partial charge in [0.05, 0.1) is 11.9 Å². The average molecular weight is 597 g/mol. The largest absolute Gasteiger partial charge is 0.366 e. The van der Waals surface area contributed by atoms with Crippen molar-refractivity contribution in [2.45, 2.75) is 70.1 Å². The van der Waals surface area contributed by atoms with Gasteiger partial charge >= 0.3 is 0 Å². The Bertz CT molecular complexity index is 1270. The van der Waals surface area contributed by atoms with Crippen molar-refractivity contribution in [2.24, 2.45) is 5.73 Å². The van der Waals surface area contributed by atoms with Gasteiger partial charge in [0.15, 0.2) is 5.65 Å². The lowest BCUT2D eigenvalue weighted by atomic mass is 9.95. The van der Waals surface area contributed by atoms with Gasteiger partial charge in [0.2, 0.25) is 5.91 Å². The summed E-state index contributed by atoms with van der Waals surface area (Å²) in [5.41, 5.74) is 9.63. The van der Waals surface area contributed by atoms with Gasteiger partial charge in [-0.05, 0) is 49.2 Å². The number of ether oxygens (including phenoxy) is 2. The van der Waals surface area contributed by atoms with E-state index in [4.69, 9.17) is 25.3 Å². The Morgan fingerprint density at radius 1 is 1.05 bits per heavy atom. The number of rotatable bonds is 14. The quantitative estimate of drug-likeness (QED) is 0.146. The van der Waals surface area contributed by atoms with Crippen LogP contribution < -0.4 is 16.0 Å². The summed E-state index contributed by atoms with van der Waals surface area (Å²) < 4.78 is 14.4. The lowest BCUT2D eigenvalue weighted by molar-refractivity contribution is 0.0942. The third-order valence-electron chi connectivity index (χ3n) is 7.48. The zero-order chi connectivity index (χ0) is 29.6. The predicted octanol–water partition coefficient (Wildman–Crippen LogP) is 5.39. The number of nitrogens with one attached hydrogen (secondary N) is 1. The Kier molecular flexibility index (Phi) is 10.4. The number of aromatic nitrogens is 3. The Morgan fingerprint density at radius 3 is 2.22 bits per heavy atom. The normalized spacial score (nSPS) is 16.3. The van der Waals surface area contributed by atoms with E-state index < -0.39 is 22.1 Å². The van der Waals surface area contributed by atoms with Gasteiger partial charge in [-0.1, -0.05) is 51.4 Å². The monoisotopic (exact) mass is 596 g/mol. The number of carbonyl (C=O) groups is 1. The summed E-state index contributed by atoms with van der Waals surface area (Å²) in [7, 11) is -2.43. The highest BCUT2D eigenvalue weighted by Gasteiger charge is 2.24. The molecular formula is C30H48N6O3Si2. The molecule has 41 heavy (non-hydrogen) atoms. The van der Waals surface area contributed by atoms with Gasteiger partial charge in [-0.3, -0.25) is 4.79 Å². The summed E-state index contributed by atoms with van der Waals surface area (Å²) >= 11 is 0. The number of nitrogens with zero attached hydrogens (tertiary/aromatic N) is 4. The standard InChI is InChI=1S/C30H48N6O3Si2/c1-40(2,3)16-14-38-21-35(22-39-15-17-41(4,5)6)28-18-27(25-8-7-13-32-19-25)34-30-26(20-33-36(28)30)23-9-11-24(12-10-23)29(31)37/h9-12,18,20,25,32H,7-8,13-17,19,21-22H2,1-6H3,(H2,31,37). The number of anilines is 1. The molecule has 0 aliphatic carbocycles. The Hall–Kier alpha value is -2.58. The highest BCUT2D eigenvalue weighted by Crippen LogP contribution is 2.31. The van der Waals surface area contributed by atoms with Crippen molar-refractivity contribution < 1.29 is 14.3 Å². The van der Waals surface area contributed by atoms with Crippen LogP contribution >= 0.6 is 0 Å². The molecule has 1 aliphatic heterocycles. The summed E-state index contributed by atoms with van der Waals surface area (Å²) in [5.74, 6) is 0.786. The van der Waals surface area contributed by atoms with Crippen molar-refractivity contribution in [1.82, 2.24) is 19.9 Å². The van der Waals surface area contributed by atoms with Crippen molar-refractivity contribution in [3.05, 3.63) is 47.8 Å². The molecule has 4 rings (SSSR count). The lowest BCUT2D eigenvalue weighted by Gasteiger charge is -2.28. The third-order valence-corrected chi connectivity index (χ3v) is 10.9. The van der Waals surface area contributed by atoms with Crippen LogP contribution in [-0.2, 0) is 9.47 Å². The highest BCUT2D eigenvalue weighted by atomic mass is 28.3. The smallest absolute Gasteiger partial charge is 0.248 e. The van der Waals surface area contributed by atoms with Crippen LogP contribution in [0.25, 0.3) is 16.8 Å². The fraction of sp³-hybridized carbons (Fsp3) is 0.567. The lowest BCUT2D eigenvalue weighted by Crippen LogP contribution is -2.34. The molecule has 0 saturated carbocycles. The molecule has 1 amide bonds. The number of piperidine rings is 1. The van der Waals surface area contributed by atoms with Gasteiger partial charge in [-0.2, -0.15) is 9.61 Å². The number of fused-ring (bicyclic) bond motifs is 1. The Morgan fingerprint density at radius 2 is 1.68 bits per heavy atom. The van der Waals surface area contributed by atoms with Crippen molar-refractivity contribution in [1.29, 1.82) is 0 Å². The predicted molar refractivity (Wildman–Crippen MR) is 172 cm³/mol. The summed E-state index contributed by atoms with van der Waals surface area (Å²) in [6, 6.07) is 11.7. The van der Waals surface area contributed by atoms with Crippen molar-refractivity contribution >= 4 is 33.5 Å². The first-order valence-electron chi connectivity index (χ1n) is 14.8. The van der Waals surface area contributed by atoms with Crippen molar-refractivity contribution in [3.63, 3.8) is 0 Å². The fourth-order valence-corrected chi connectivity index (χ4v) is 6.31. The molecule has 224 valence electrons. The van der Waals surface area contributed by atoms with Gasteiger partial charge in [-0.15, -0.1) is 0 Å². The average Bonchev–Trinajstić information content (AvgIpc) is 3.35. The molecule has 2 aromatic heterocycles. The first kappa shape index (κ1) is 31.4. The number of amides is 1. The summed E-state index contributed by atoms with van der Waals surface area (Å²) in [4.78, 5) is 19.0. The number of nitrogens with two attached hydrogens (primary N) is 1. The van der Waals surface area contributed by atoms with Gasteiger partial charge in [0.25, 0.3) is 0 Å². The van der Waals surface area contributed by atoms with Crippen LogP contribution in [0.4, 0.5) is 5.82 Å². The van der Waals surface area contributed by atoms with Crippen molar-refractivity contribution in [2.75, 3.05) is 44.7 Å². The van der Waals surface area contributed by atoms with Crippen LogP contribution in [0.3, 0.4) is 0 Å². The van der Waals surface area contributed by atoms with E-state index in [1.807, 2.05) is 22.8 Å². The maximum absolute atomic E-state index is 11.6. The van der Waals surface area contributed by atoms with Crippen LogP contribution in [0.1, 0.15) is 34.8 Å². The molecule has 1 unspecified atom stereocenters. The van der Waals surface area contributed by atoms with Gasteiger partial charge < -0.3 is 25.4 Å². The van der Waals surface area contributed by atoms with E-state index in [9.17, 15) is 4.79 Å². The van der Waals surface area contributed by atoms with E-state index in [-0.39, 0.29) is 0 Å². The van der Waals surface area contributed by atoms with E-state index in [2.05, 4.69) is 55.6 Å². The molecular weight excluding hydrogens is 549 g/mol. The second-order valence-electron chi connectivity index (χ2n) is 13.6. The van der Waals surface area contributed by atoms with Gasteiger partial charge in [0.1, 0.15) is 19.3 Å². The fourth-order valence-electron chi connectivity index (χ4n) is 4.80. The van der Waals surface area contributed by atoms with Crippen molar-refractivity contribution in [3.8, 4) is 11.1 Å². The molecule has 0 bridgehead atoms. The summed E-state index contributed by atoms with van der Waals surface area (Å²) in [5, 5.41) is 8.34. The van der Waals surface area contributed by atoms with Gasteiger partial charge in [0, 0.05) is 59.0 Å². The number of benzene rings is 1. The third kappa shape index (κ3) is 8.95. The molecule has 9 nitrogen and oxygen atoms in total. The van der Waals surface area contributed by atoms with Crippen LogP contribution in [0.5, 0.6) is 0 Å². The summed E-state index contributed by atoms with van der Waals surface area (Å²) in [6.07, 6.45) is 4.06. The Labute approximate surface area is 246 Å². The summed E-state index contributed by atoms with van der Waals surface area (Å²) in [6.45, 7) is 18.4. The number of carbonyl (C=O) groups excluding carboxylic acids is 1. The molecule has 1 atom stereocenters. The van der Waals surface area contributed by atoms with Gasteiger partial charge in [-0.25, -0.2) is 4.98 Å². The molecule has 1 aliphatic rings. The molecule has 3 aromatic rings. The van der Waals surface area contributed by atoms with E-state index in [1.165, 1.54) is 0 Å². The maximum atomic E-state index is 11.6. The van der Waals surface area contributed by atoms with E-state index in [0.29, 0.717) is 24.9 Å². The first-order chi connectivity index (χ1) is 19.4. The Balaban J connectivity index is 1.71. The first-order valence-corrected chi connectivity index (χ1v) is 22.2. The molecule has 3 N–H and O–H groups in total. The van der Waals surface area contributed by atoms with Crippen LogP contribution in [0, 0.1) is 0 Å². The van der Waals surface area contributed by atoms with E-state index in [0.717, 1.165) is 79.5 Å². The minimum Gasteiger partial charge on any atom is -0.366 e. The van der Waals surface area contributed by atoms with Crippen LogP contribution in [0.2, 0.25) is 51.4 Å². The zero-order valence-electron chi connectivity index (χ0n) is 25.7. The molecule has 3 heterocycles. The molecule has 11 heteroatoms. The van der Waals surface area contributed by atoms with E-state index in [1.54, 1.807) is 12.1 Å². The minimum atomic E-state index is -1.21. The molecule has 1 aromatic carbocycles. The van der Waals surface area contributed by atoms with E-state index >= 15 is 0 Å². The number of primary amides is 1. The molecule has 0 spiro atoms. The molecule has 1 fully saturated rings. The topological polar surface area (TPSA) is 107 Å². The molecule has 0 radical (unpaired) electrons. The minimum absolute atomic E-state index is 0.315. The number of hydrogen-bond acceptors (Lipinski definition) is 7. The van der Waals surface area contributed by atoms with Crippen LogP contribution in [-0.4, -0.2) is 76.4 Å². The van der Waals surface area contributed by atoms with Crippen LogP contribution in [0.15, 0.2) is 36.5 Å². The highest BCUT2D eigenvalue weighted by molar-refractivity contribution is 6.76.